The van der Waals surface area contributed by atoms with E-state index in [4.69, 9.17) is 0 Å². The molecule has 2 nitrogen and oxygen atoms in total. The summed E-state index contributed by atoms with van der Waals surface area (Å²) in [5, 5.41) is 0. The summed E-state index contributed by atoms with van der Waals surface area (Å²) in [6, 6.07) is 0. The van der Waals surface area contributed by atoms with Crippen LogP contribution < -0.4 is 0 Å². The van der Waals surface area contributed by atoms with E-state index in [1.165, 1.54) is 0 Å². The maximum absolute atomic E-state index is 10.2. The van der Waals surface area contributed by atoms with Crippen molar-refractivity contribution in [2.24, 2.45) is 5.92 Å². The van der Waals surface area contributed by atoms with Gasteiger partial charge in [-0.2, -0.15) is 0 Å². The number of aldehydes is 1. The molecule has 1 rings (SSSR count). The molecule has 0 atom stereocenters. The first-order valence-corrected chi connectivity index (χ1v) is 2.33. The van der Waals surface area contributed by atoms with E-state index >= 15 is 0 Å². The van der Waals surface area contributed by atoms with Crippen LogP contribution in [0, 0.1) is 5.92 Å². The average Bonchev–Trinajstić information content (AvgIpc) is 2.44. The van der Waals surface area contributed by atoms with Crippen LogP contribution in [-0.2, 0) is 9.59 Å². The summed E-state index contributed by atoms with van der Waals surface area (Å²) in [7, 11) is 0. The van der Waals surface area contributed by atoms with Crippen molar-refractivity contribution in [1.29, 1.82) is 0 Å². The number of hydrogen-bond acceptors (Lipinski definition) is 2. The molecule has 1 fully saturated rings. The van der Waals surface area contributed by atoms with Gasteiger partial charge >= 0.3 is 0 Å². The van der Waals surface area contributed by atoms with Crippen LogP contribution in [0.5, 0.6) is 0 Å². The van der Waals surface area contributed by atoms with Crippen molar-refractivity contribution in [2.45, 2.75) is 12.8 Å². The topological polar surface area (TPSA) is 34.1 Å². The van der Waals surface area contributed by atoms with Gasteiger partial charge < -0.3 is 0 Å². The van der Waals surface area contributed by atoms with Crippen LogP contribution in [0.3, 0.4) is 0 Å². The molecule has 0 aliphatic heterocycles. The van der Waals surface area contributed by atoms with Gasteiger partial charge in [-0.3, -0.25) is 9.59 Å². The SMILES string of the molecule is O=CC(=O)C1CC1. The normalized spacial score (nSPS) is 18.9. The summed E-state index contributed by atoms with van der Waals surface area (Å²) in [6.45, 7) is 0. The molecule has 0 N–H and O–H groups in total. The first-order chi connectivity index (χ1) is 3.34. The minimum absolute atomic E-state index is 0.109. The Kier molecular flexibility index (Phi) is 0.929. The Labute approximate surface area is 41.5 Å². The largest absolute Gasteiger partial charge is 0.295 e. The molecule has 0 spiro atoms. The maximum Gasteiger partial charge on any atom is 0.198 e. The first-order valence-electron chi connectivity index (χ1n) is 2.33. The second kappa shape index (κ2) is 1.45. The fraction of sp³-hybridized carbons (Fsp3) is 0.600. The zero-order valence-electron chi connectivity index (χ0n) is 3.89. The lowest BCUT2D eigenvalue weighted by Crippen LogP contribution is -1.99. The molecule has 1 aliphatic carbocycles. The molecular formula is C5H6O2. The molecule has 1 saturated carbocycles. The molecule has 38 valence electrons. The Morgan fingerprint density at radius 2 is 2.14 bits per heavy atom. The highest BCUT2D eigenvalue weighted by molar-refractivity contribution is 6.26. The number of carbonyl (C=O) groups is 2. The van der Waals surface area contributed by atoms with Crippen LogP contribution in [0.15, 0.2) is 0 Å². The number of Topliss-reactive ketones (excluding diaryl/α,β-unsaturated/α-hetero) is 1. The summed E-state index contributed by atoms with van der Waals surface area (Å²) < 4.78 is 0. The summed E-state index contributed by atoms with van der Waals surface area (Å²) in [4.78, 5) is 19.8. The smallest absolute Gasteiger partial charge is 0.198 e. The van der Waals surface area contributed by atoms with Gasteiger partial charge in [0.2, 0.25) is 0 Å². The lowest BCUT2D eigenvalue weighted by atomic mass is 10.3. The third kappa shape index (κ3) is 0.856. The van der Waals surface area contributed by atoms with Gasteiger partial charge in [0.1, 0.15) is 0 Å². The lowest BCUT2D eigenvalue weighted by Gasteiger charge is -1.74. The van der Waals surface area contributed by atoms with Gasteiger partial charge in [-0.05, 0) is 12.8 Å². The average molecular weight is 98.1 g/mol. The van der Waals surface area contributed by atoms with Crippen molar-refractivity contribution < 1.29 is 9.59 Å². The van der Waals surface area contributed by atoms with Crippen molar-refractivity contribution in [2.75, 3.05) is 0 Å². The van der Waals surface area contributed by atoms with E-state index in [-0.39, 0.29) is 11.7 Å². The van der Waals surface area contributed by atoms with Gasteiger partial charge in [-0.1, -0.05) is 0 Å². The van der Waals surface area contributed by atoms with Crippen molar-refractivity contribution in [1.82, 2.24) is 0 Å². The van der Waals surface area contributed by atoms with Crippen molar-refractivity contribution >= 4 is 12.1 Å². The predicted octanol–water partition coefficient (Wildman–Crippen LogP) is 0.164. The standard InChI is InChI=1S/C5H6O2/c6-3-5(7)4-1-2-4/h3-4H,1-2H2. The van der Waals surface area contributed by atoms with Crippen LogP contribution in [0.1, 0.15) is 12.8 Å². The van der Waals surface area contributed by atoms with Crippen molar-refractivity contribution in [3.8, 4) is 0 Å². The van der Waals surface area contributed by atoms with E-state index in [9.17, 15) is 9.59 Å². The number of carbonyl (C=O) groups excluding carboxylic acids is 2. The number of hydrogen-bond donors (Lipinski definition) is 0. The third-order valence-electron chi connectivity index (χ3n) is 1.10. The summed E-state index contributed by atoms with van der Waals surface area (Å²) in [5.41, 5.74) is 0. The van der Waals surface area contributed by atoms with Gasteiger partial charge in [-0.25, -0.2) is 0 Å². The minimum atomic E-state index is -0.222. The van der Waals surface area contributed by atoms with Crippen LogP contribution in [0.4, 0.5) is 0 Å². The van der Waals surface area contributed by atoms with E-state index in [0.29, 0.717) is 6.29 Å². The molecule has 0 radical (unpaired) electrons. The number of ketones is 1. The van der Waals surface area contributed by atoms with E-state index < -0.39 is 0 Å². The molecule has 0 bridgehead atoms. The van der Waals surface area contributed by atoms with Crippen LogP contribution in [-0.4, -0.2) is 12.1 Å². The highest BCUT2D eigenvalue weighted by Gasteiger charge is 2.28. The fourth-order valence-electron chi connectivity index (χ4n) is 0.464. The summed E-state index contributed by atoms with van der Waals surface area (Å²) in [5.74, 6) is -0.113. The lowest BCUT2D eigenvalue weighted by molar-refractivity contribution is -0.130. The molecule has 2 heteroatoms. The molecule has 0 unspecified atom stereocenters. The Morgan fingerprint density at radius 1 is 1.57 bits per heavy atom. The Bertz CT molecular complexity index is 103. The van der Waals surface area contributed by atoms with E-state index in [1.54, 1.807) is 0 Å². The zero-order chi connectivity index (χ0) is 5.28. The predicted molar refractivity (Wildman–Crippen MR) is 23.8 cm³/mol. The molecule has 0 heterocycles. The van der Waals surface area contributed by atoms with E-state index in [2.05, 4.69) is 0 Å². The Balaban J connectivity index is 2.37. The van der Waals surface area contributed by atoms with Gasteiger partial charge in [0.05, 0.1) is 0 Å². The molecule has 0 aromatic heterocycles. The Morgan fingerprint density at radius 3 is 2.29 bits per heavy atom. The fourth-order valence-corrected chi connectivity index (χ4v) is 0.464. The zero-order valence-corrected chi connectivity index (χ0v) is 3.89. The number of rotatable bonds is 2. The highest BCUT2D eigenvalue weighted by atomic mass is 16.2. The molecule has 0 aromatic carbocycles. The highest BCUT2D eigenvalue weighted by Crippen LogP contribution is 2.28. The Hall–Kier alpha value is -0.660. The third-order valence-corrected chi connectivity index (χ3v) is 1.10. The molecule has 7 heavy (non-hydrogen) atoms. The van der Waals surface area contributed by atoms with Gasteiger partial charge in [0.25, 0.3) is 0 Å². The second-order valence-electron chi connectivity index (χ2n) is 1.79. The van der Waals surface area contributed by atoms with Crippen molar-refractivity contribution in [3.05, 3.63) is 0 Å². The molecule has 0 saturated heterocycles. The molecule has 1 aliphatic rings. The minimum Gasteiger partial charge on any atom is -0.295 e. The van der Waals surface area contributed by atoms with Gasteiger partial charge in [0, 0.05) is 5.92 Å². The van der Waals surface area contributed by atoms with Crippen molar-refractivity contribution in [3.63, 3.8) is 0 Å². The monoisotopic (exact) mass is 98.0 g/mol. The quantitative estimate of drug-likeness (QED) is 0.364. The first kappa shape index (κ1) is 4.50. The summed E-state index contributed by atoms with van der Waals surface area (Å²) in [6.07, 6.45) is 2.27. The van der Waals surface area contributed by atoms with Crippen LogP contribution in [0.2, 0.25) is 0 Å². The van der Waals surface area contributed by atoms with Gasteiger partial charge in [-0.15, -0.1) is 0 Å². The van der Waals surface area contributed by atoms with Crippen LogP contribution >= 0.6 is 0 Å². The van der Waals surface area contributed by atoms with E-state index in [1.807, 2.05) is 0 Å². The maximum atomic E-state index is 10.2. The summed E-state index contributed by atoms with van der Waals surface area (Å²) >= 11 is 0. The molecule has 0 aromatic rings. The second-order valence-corrected chi connectivity index (χ2v) is 1.79. The van der Waals surface area contributed by atoms with E-state index in [0.717, 1.165) is 12.8 Å². The van der Waals surface area contributed by atoms with Crippen LogP contribution in [0.25, 0.3) is 0 Å². The molecular weight excluding hydrogens is 92.1 g/mol. The molecule has 0 amide bonds. The van der Waals surface area contributed by atoms with Gasteiger partial charge in [0.15, 0.2) is 12.1 Å².